The maximum absolute atomic E-state index is 11.9. The lowest BCUT2D eigenvalue weighted by atomic mass is 9.92. The number of ether oxygens (including phenoxy) is 1. The normalized spacial score (nSPS) is 18.2. The van der Waals surface area contributed by atoms with Crippen LogP contribution in [0.4, 0.5) is 0 Å². The molecule has 0 spiro atoms. The predicted molar refractivity (Wildman–Crippen MR) is 111 cm³/mol. The molecule has 0 radical (unpaired) electrons. The quantitative estimate of drug-likeness (QED) is 0.667. The van der Waals surface area contributed by atoms with Crippen molar-refractivity contribution in [2.45, 2.75) is 31.8 Å². The van der Waals surface area contributed by atoms with E-state index in [1.807, 2.05) is 37.3 Å². The first-order chi connectivity index (χ1) is 13.7. The number of carboxylic acid groups (broad SMARTS) is 1. The monoisotopic (exact) mass is 375 g/mol. The molecule has 4 rings (SSSR count). The number of fused-ring (bicyclic) bond motifs is 1. The van der Waals surface area contributed by atoms with E-state index >= 15 is 0 Å². The van der Waals surface area contributed by atoms with Gasteiger partial charge in [0, 0.05) is 6.54 Å². The van der Waals surface area contributed by atoms with E-state index in [2.05, 4.69) is 41.3 Å². The van der Waals surface area contributed by atoms with Gasteiger partial charge in [-0.2, -0.15) is 0 Å². The lowest BCUT2D eigenvalue weighted by Crippen LogP contribution is -2.39. The van der Waals surface area contributed by atoms with Crippen LogP contribution in [0, 0.1) is 0 Å². The predicted octanol–water partition coefficient (Wildman–Crippen LogP) is 4.88. The molecule has 1 N–H and O–H groups in total. The Bertz CT molecular complexity index is 979. The van der Waals surface area contributed by atoms with Gasteiger partial charge in [0.05, 0.1) is 12.6 Å². The molecule has 3 aromatic carbocycles. The number of nitrogens with zero attached hydrogens (tertiary/aromatic N) is 1. The van der Waals surface area contributed by atoms with Crippen molar-refractivity contribution in [2.75, 3.05) is 13.2 Å². The van der Waals surface area contributed by atoms with Crippen molar-refractivity contribution in [2.24, 2.45) is 0 Å². The molecule has 2 atom stereocenters. The summed E-state index contributed by atoms with van der Waals surface area (Å²) < 4.78 is 5.72. The Hall–Kier alpha value is -2.85. The number of carbonyl (C=O) groups is 1. The summed E-state index contributed by atoms with van der Waals surface area (Å²) in [6.45, 7) is 3.34. The lowest BCUT2D eigenvalue weighted by Gasteiger charge is -2.33. The van der Waals surface area contributed by atoms with Crippen molar-refractivity contribution < 1.29 is 14.6 Å². The third-order valence-corrected chi connectivity index (χ3v) is 5.51. The molecule has 1 aliphatic rings. The van der Waals surface area contributed by atoms with Crippen LogP contribution in [0.5, 0.6) is 5.75 Å². The molecular weight excluding hydrogens is 350 g/mol. The minimum absolute atomic E-state index is 0.130. The number of aliphatic carboxylic acids is 1. The smallest absolute Gasteiger partial charge is 0.320 e. The third-order valence-electron chi connectivity index (χ3n) is 5.51. The summed E-state index contributed by atoms with van der Waals surface area (Å²) in [5.74, 6) is 0.0695. The minimum Gasteiger partial charge on any atom is -0.494 e. The molecule has 1 fully saturated rings. The summed E-state index contributed by atoms with van der Waals surface area (Å²) in [5, 5.41) is 12.1. The van der Waals surface area contributed by atoms with E-state index in [1.165, 1.54) is 0 Å². The summed E-state index contributed by atoms with van der Waals surface area (Å²) in [6, 6.07) is 22.0. The Morgan fingerprint density at radius 3 is 2.75 bits per heavy atom. The van der Waals surface area contributed by atoms with Gasteiger partial charge < -0.3 is 9.84 Å². The Morgan fingerprint density at radius 2 is 1.93 bits per heavy atom. The fourth-order valence-corrected chi connectivity index (χ4v) is 4.34. The average molecular weight is 375 g/mol. The summed E-state index contributed by atoms with van der Waals surface area (Å²) in [6.07, 6.45) is 1.57. The molecule has 0 aromatic heterocycles. The van der Waals surface area contributed by atoms with Crippen LogP contribution in [0.25, 0.3) is 10.8 Å². The van der Waals surface area contributed by atoms with E-state index in [4.69, 9.17) is 4.74 Å². The Labute approximate surface area is 165 Å². The third kappa shape index (κ3) is 3.48. The van der Waals surface area contributed by atoms with Crippen molar-refractivity contribution in [1.29, 1.82) is 0 Å². The van der Waals surface area contributed by atoms with Crippen molar-refractivity contribution >= 4 is 16.7 Å². The van der Waals surface area contributed by atoms with Crippen LogP contribution in [0.2, 0.25) is 0 Å². The number of carboxylic acids is 1. The number of benzene rings is 3. The summed E-state index contributed by atoms with van der Waals surface area (Å²) >= 11 is 0. The molecule has 3 aromatic rings. The summed E-state index contributed by atoms with van der Waals surface area (Å²) in [7, 11) is 0. The first-order valence-electron chi connectivity index (χ1n) is 9.88. The molecule has 28 heavy (non-hydrogen) atoms. The number of hydrogen-bond donors (Lipinski definition) is 1. The van der Waals surface area contributed by atoms with Gasteiger partial charge in [-0.25, -0.2) is 0 Å². The van der Waals surface area contributed by atoms with Gasteiger partial charge in [-0.3, -0.25) is 9.69 Å². The summed E-state index contributed by atoms with van der Waals surface area (Å²) in [4.78, 5) is 14.1. The van der Waals surface area contributed by atoms with Crippen LogP contribution in [0.15, 0.2) is 66.7 Å². The highest BCUT2D eigenvalue weighted by Crippen LogP contribution is 2.39. The first-order valence-corrected chi connectivity index (χ1v) is 9.88. The largest absolute Gasteiger partial charge is 0.494 e. The van der Waals surface area contributed by atoms with E-state index in [-0.39, 0.29) is 6.04 Å². The van der Waals surface area contributed by atoms with E-state index in [9.17, 15) is 9.90 Å². The van der Waals surface area contributed by atoms with E-state index in [1.54, 1.807) is 0 Å². The van der Waals surface area contributed by atoms with Gasteiger partial charge in [0.15, 0.2) is 0 Å². The SMILES string of the molecule is CCOc1cccc(C(c2cccc3ccccc23)N2CCCC2C(=O)O)c1. The van der Waals surface area contributed by atoms with Crippen molar-refractivity contribution in [1.82, 2.24) is 4.90 Å². The zero-order valence-electron chi connectivity index (χ0n) is 16.0. The van der Waals surface area contributed by atoms with Crippen LogP contribution in [-0.4, -0.2) is 35.2 Å². The standard InChI is InChI=1S/C24H25NO3/c1-2-28-19-11-5-10-18(16-19)23(25-15-7-14-22(25)24(26)27)21-13-6-9-17-8-3-4-12-20(17)21/h3-6,8-13,16,22-23H,2,7,14-15H2,1H3,(H,26,27). The minimum atomic E-state index is -0.747. The molecule has 4 nitrogen and oxygen atoms in total. The van der Waals surface area contributed by atoms with Crippen LogP contribution in [0.3, 0.4) is 0 Å². The molecule has 1 heterocycles. The molecule has 0 saturated carbocycles. The van der Waals surface area contributed by atoms with Crippen molar-refractivity contribution in [3.8, 4) is 5.75 Å². The van der Waals surface area contributed by atoms with Gasteiger partial charge in [-0.15, -0.1) is 0 Å². The van der Waals surface area contributed by atoms with Crippen LogP contribution in [0.1, 0.15) is 36.9 Å². The van der Waals surface area contributed by atoms with Crippen LogP contribution in [-0.2, 0) is 4.79 Å². The molecule has 4 heteroatoms. The Kier molecular flexibility index (Phi) is 5.31. The Morgan fingerprint density at radius 1 is 1.14 bits per heavy atom. The first kappa shape index (κ1) is 18.5. The highest BCUT2D eigenvalue weighted by molar-refractivity contribution is 5.86. The van der Waals surface area contributed by atoms with Gasteiger partial charge in [0.1, 0.15) is 11.8 Å². The molecule has 2 unspecified atom stereocenters. The lowest BCUT2D eigenvalue weighted by molar-refractivity contribution is -0.142. The fraction of sp³-hybridized carbons (Fsp3) is 0.292. The van der Waals surface area contributed by atoms with E-state index in [0.29, 0.717) is 13.0 Å². The van der Waals surface area contributed by atoms with E-state index < -0.39 is 12.0 Å². The number of rotatable bonds is 6. The van der Waals surface area contributed by atoms with Gasteiger partial charge in [0.2, 0.25) is 0 Å². The zero-order valence-corrected chi connectivity index (χ0v) is 16.0. The van der Waals surface area contributed by atoms with Crippen LogP contribution >= 0.6 is 0 Å². The summed E-state index contributed by atoms with van der Waals surface area (Å²) in [5.41, 5.74) is 2.20. The highest BCUT2D eigenvalue weighted by atomic mass is 16.5. The van der Waals surface area contributed by atoms with E-state index in [0.717, 1.165) is 40.6 Å². The molecule has 0 bridgehead atoms. The topological polar surface area (TPSA) is 49.8 Å². The molecule has 0 amide bonds. The molecule has 1 saturated heterocycles. The average Bonchev–Trinajstić information content (AvgIpc) is 3.19. The molecule has 0 aliphatic carbocycles. The maximum Gasteiger partial charge on any atom is 0.320 e. The fourth-order valence-electron chi connectivity index (χ4n) is 4.34. The van der Waals surface area contributed by atoms with Crippen molar-refractivity contribution in [3.05, 3.63) is 77.9 Å². The highest BCUT2D eigenvalue weighted by Gasteiger charge is 2.37. The second-order valence-corrected chi connectivity index (χ2v) is 7.21. The van der Waals surface area contributed by atoms with Crippen LogP contribution < -0.4 is 4.74 Å². The molecule has 1 aliphatic heterocycles. The number of hydrogen-bond acceptors (Lipinski definition) is 3. The zero-order chi connectivity index (χ0) is 19.5. The Balaban J connectivity index is 1.89. The van der Waals surface area contributed by atoms with Crippen molar-refractivity contribution in [3.63, 3.8) is 0 Å². The second kappa shape index (κ2) is 8.03. The molecular formula is C24H25NO3. The van der Waals surface area contributed by atoms with Gasteiger partial charge in [0.25, 0.3) is 0 Å². The van der Waals surface area contributed by atoms with Gasteiger partial charge in [-0.1, -0.05) is 54.6 Å². The van der Waals surface area contributed by atoms with Gasteiger partial charge >= 0.3 is 5.97 Å². The van der Waals surface area contributed by atoms with Gasteiger partial charge in [-0.05, 0) is 53.8 Å². The number of likely N-dealkylation sites (tertiary alicyclic amines) is 1. The molecule has 144 valence electrons. The second-order valence-electron chi connectivity index (χ2n) is 7.21. The maximum atomic E-state index is 11.9.